The lowest BCUT2D eigenvalue weighted by Crippen LogP contribution is -2.46. The Balaban J connectivity index is 2.40. The number of ether oxygens (including phenoxy) is 1. The van der Waals surface area contributed by atoms with Gasteiger partial charge in [0.05, 0.1) is 17.2 Å². The summed E-state index contributed by atoms with van der Waals surface area (Å²) in [6.07, 6.45) is 0.182. The Morgan fingerprint density at radius 2 is 2.14 bits per heavy atom. The summed E-state index contributed by atoms with van der Waals surface area (Å²) in [6.45, 7) is 5.75. The van der Waals surface area contributed by atoms with E-state index in [1.807, 2.05) is 20.8 Å². The first-order valence-electron chi connectivity index (χ1n) is 6.70. The third kappa shape index (κ3) is 6.81. The molecule has 0 spiro atoms. The van der Waals surface area contributed by atoms with Gasteiger partial charge in [-0.15, -0.1) is 11.8 Å². The van der Waals surface area contributed by atoms with Gasteiger partial charge in [-0.05, 0) is 20.8 Å². The molecule has 0 aliphatic carbocycles. The summed E-state index contributed by atoms with van der Waals surface area (Å²) in [5.41, 5.74) is -0.355. The second-order valence-electron chi connectivity index (χ2n) is 5.78. The number of carboxylic acid groups (broad SMARTS) is 1. The Bertz CT molecular complexity index is 408. The van der Waals surface area contributed by atoms with Crippen molar-refractivity contribution >= 4 is 29.5 Å². The average Bonchev–Trinajstić information content (AvgIpc) is 2.72. The molecule has 120 valence electrons. The Morgan fingerprint density at radius 3 is 2.62 bits per heavy atom. The summed E-state index contributed by atoms with van der Waals surface area (Å²) in [5.74, 6) is -0.832. The van der Waals surface area contributed by atoms with Crippen LogP contribution in [0.15, 0.2) is 0 Å². The predicted molar refractivity (Wildman–Crippen MR) is 78.9 cm³/mol. The third-order valence-electron chi connectivity index (χ3n) is 2.73. The van der Waals surface area contributed by atoms with Crippen LogP contribution >= 0.6 is 11.8 Å². The van der Waals surface area contributed by atoms with Crippen LogP contribution in [0.5, 0.6) is 0 Å². The Morgan fingerprint density at radius 1 is 1.48 bits per heavy atom. The molecule has 0 aromatic heterocycles. The van der Waals surface area contributed by atoms with E-state index < -0.39 is 17.9 Å². The summed E-state index contributed by atoms with van der Waals surface area (Å²) in [6, 6.07) is -1.01. The van der Waals surface area contributed by atoms with E-state index in [0.717, 1.165) is 0 Å². The van der Waals surface area contributed by atoms with Gasteiger partial charge in [-0.2, -0.15) is 0 Å². The van der Waals surface area contributed by atoms with Crippen LogP contribution in [0.2, 0.25) is 0 Å². The fourth-order valence-corrected chi connectivity index (χ4v) is 2.60. The van der Waals surface area contributed by atoms with Gasteiger partial charge in [-0.3, -0.25) is 9.59 Å². The molecule has 1 atom stereocenters. The molecule has 0 saturated carbocycles. The average molecular weight is 318 g/mol. The van der Waals surface area contributed by atoms with Gasteiger partial charge in [0.1, 0.15) is 12.6 Å². The van der Waals surface area contributed by atoms with Crippen molar-refractivity contribution in [2.24, 2.45) is 0 Å². The standard InChI is InChI=1S/C13H22N2O5S/c1-13(2,3)20-5-4-9(12(18)19)14-10(16)6-15-8-21-7-11(15)17/h9H,4-8H2,1-3H3,(H,14,16)(H,18,19). The van der Waals surface area contributed by atoms with Crippen molar-refractivity contribution in [2.45, 2.75) is 38.8 Å². The van der Waals surface area contributed by atoms with Gasteiger partial charge >= 0.3 is 5.97 Å². The first kappa shape index (κ1) is 17.8. The van der Waals surface area contributed by atoms with Crippen LogP contribution < -0.4 is 5.32 Å². The zero-order valence-corrected chi connectivity index (χ0v) is 13.4. The molecule has 2 amide bonds. The van der Waals surface area contributed by atoms with Gasteiger partial charge in [-0.25, -0.2) is 4.79 Å². The van der Waals surface area contributed by atoms with Crippen LogP contribution in [0, 0.1) is 0 Å². The van der Waals surface area contributed by atoms with Crippen LogP contribution in [-0.2, 0) is 19.1 Å². The van der Waals surface area contributed by atoms with Gasteiger partial charge in [0, 0.05) is 13.0 Å². The molecular formula is C13H22N2O5S. The van der Waals surface area contributed by atoms with Crippen LogP contribution in [0.3, 0.4) is 0 Å². The second kappa shape index (κ2) is 7.65. The van der Waals surface area contributed by atoms with Gasteiger partial charge in [0.2, 0.25) is 11.8 Å². The second-order valence-corrected chi connectivity index (χ2v) is 6.73. The number of hydrogen-bond acceptors (Lipinski definition) is 5. The molecule has 0 radical (unpaired) electrons. The van der Waals surface area contributed by atoms with E-state index in [0.29, 0.717) is 11.6 Å². The minimum absolute atomic E-state index is 0.0990. The monoisotopic (exact) mass is 318 g/mol. The highest BCUT2D eigenvalue weighted by Gasteiger charge is 2.26. The molecule has 1 unspecified atom stereocenters. The highest BCUT2D eigenvalue weighted by molar-refractivity contribution is 8.00. The summed E-state index contributed by atoms with van der Waals surface area (Å²) in [7, 11) is 0. The summed E-state index contributed by atoms with van der Waals surface area (Å²) in [5, 5.41) is 11.5. The highest BCUT2D eigenvalue weighted by Crippen LogP contribution is 2.14. The molecule has 1 aliphatic rings. The van der Waals surface area contributed by atoms with Gasteiger partial charge in [-0.1, -0.05) is 0 Å². The Labute approximate surface area is 128 Å². The molecule has 0 aromatic carbocycles. The molecule has 1 aliphatic heterocycles. The quantitative estimate of drug-likeness (QED) is 0.700. The topological polar surface area (TPSA) is 95.9 Å². The van der Waals surface area contributed by atoms with Crippen LogP contribution in [-0.4, -0.2) is 64.2 Å². The van der Waals surface area contributed by atoms with Crippen molar-refractivity contribution in [1.29, 1.82) is 0 Å². The Kier molecular flexibility index (Phi) is 6.47. The molecular weight excluding hydrogens is 296 g/mol. The number of carboxylic acids is 1. The fraction of sp³-hybridized carbons (Fsp3) is 0.769. The smallest absolute Gasteiger partial charge is 0.326 e. The number of nitrogens with zero attached hydrogens (tertiary/aromatic N) is 1. The van der Waals surface area contributed by atoms with Gasteiger partial charge in [0.25, 0.3) is 0 Å². The van der Waals surface area contributed by atoms with Gasteiger partial charge < -0.3 is 20.1 Å². The van der Waals surface area contributed by atoms with E-state index in [4.69, 9.17) is 9.84 Å². The number of thioether (sulfide) groups is 1. The molecule has 0 bridgehead atoms. The molecule has 21 heavy (non-hydrogen) atoms. The lowest BCUT2D eigenvalue weighted by molar-refractivity contribution is -0.143. The maximum Gasteiger partial charge on any atom is 0.326 e. The van der Waals surface area contributed by atoms with E-state index >= 15 is 0 Å². The third-order valence-corrected chi connectivity index (χ3v) is 3.68. The molecule has 8 heteroatoms. The molecule has 0 aromatic rings. The molecule has 1 heterocycles. The summed E-state index contributed by atoms with van der Waals surface area (Å²) >= 11 is 1.43. The van der Waals surface area contributed by atoms with Crippen molar-refractivity contribution in [3.05, 3.63) is 0 Å². The normalized spacial score (nSPS) is 16.9. The zero-order valence-electron chi connectivity index (χ0n) is 12.5. The number of aliphatic carboxylic acids is 1. The van der Waals surface area contributed by atoms with Gasteiger partial charge in [0.15, 0.2) is 0 Å². The summed E-state index contributed by atoms with van der Waals surface area (Å²) < 4.78 is 5.46. The van der Waals surface area contributed by atoms with E-state index in [9.17, 15) is 14.4 Å². The van der Waals surface area contributed by atoms with E-state index in [1.54, 1.807) is 0 Å². The largest absolute Gasteiger partial charge is 0.480 e. The first-order valence-corrected chi connectivity index (χ1v) is 7.86. The Hall–Kier alpha value is -1.28. The van der Waals surface area contributed by atoms with E-state index in [2.05, 4.69) is 5.32 Å². The lowest BCUT2D eigenvalue weighted by Gasteiger charge is -2.22. The molecule has 1 saturated heterocycles. The minimum atomic E-state index is -1.11. The minimum Gasteiger partial charge on any atom is -0.480 e. The highest BCUT2D eigenvalue weighted by atomic mass is 32.2. The SMILES string of the molecule is CC(C)(C)OCCC(NC(=O)CN1CSCC1=O)C(=O)O. The van der Waals surface area contributed by atoms with Crippen LogP contribution in [0.1, 0.15) is 27.2 Å². The number of carbonyl (C=O) groups is 3. The molecule has 7 nitrogen and oxygen atoms in total. The maximum absolute atomic E-state index is 11.8. The number of rotatable bonds is 7. The predicted octanol–water partition coefficient (Wildman–Crippen LogP) is 0.294. The van der Waals surface area contributed by atoms with E-state index in [-0.39, 0.29) is 31.1 Å². The number of nitrogens with one attached hydrogen (secondary N) is 1. The fourth-order valence-electron chi connectivity index (χ4n) is 1.69. The van der Waals surface area contributed by atoms with Crippen LogP contribution in [0.25, 0.3) is 0 Å². The molecule has 1 rings (SSSR count). The van der Waals surface area contributed by atoms with Crippen molar-refractivity contribution < 1.29 is 24.2 Å². The van der Waals surface area contributed by atoms with Crippen molar-refractivity contribution in [3.8, 4) is 0 Å². The zero-order chi connectivity index (χ0) is 16.0. The maximum atomic E-state index is 11.8. The number of amides is 2. The number of carbonyl (C=O) groups excluding carboxylic acids is 2. The first-order chi connectivity index (χ1) is 9.69. The molecule has 1 fully saturated rings. The van der Waals surface area contributed by atoms with Crippen molar-refractivity contribution in [3.63, 3.8) is 0 Å². The van der Waals surface area contributed by atoms with E-state index in [1.165, 1.54) is 16.7 Å². The van der Waals surface area contributed by atoms with Crippen LogP contribution in [0.4, 0.5) is 0 Å². The van der Waals surface area contributed by atoms with Crippen molar-refractivity contribution in [2.75, 3.05) is 24.8 Å². The molecule has 2 N–H and O–H groups in total. The summed E-state index contributed by atoms with van der Waals surface area (Å²) in [4.78, 5) is 35.7. The number of hydrogen-bond donors (Lipinski definition) is 2. The lowest BCUT2D eigenvalue weighted by atomic mass is 10.1. The van der Waals surface area contributed by atoms with Crippen molar-refractivity contribution in [1.82, 2.24) is 10.2 Å².